The molecule has 1 aliphatic rings. The summed E-state index contributed by atoms with van der Waals surface area (Å²) in [6, 6.07) is 22.5. The van der Waals surface area contributed by atoms with Gasteiger partial charge in [-0.2, -0.15) is 0 Å². The van der Waals surface area contributed by atoms with E-state index in [0.717, 1.165) is 22.5 Å². The van der Waals surface area contributed by atoms with Gasteiger partial charge in [0.1, 0.15) is 5.75 Å². The van der Waals surface area contributed by atoms with Crippen LogP contribution in [-0.2, 0) is 4.79 Å². The molecule has 1 heterocycles. The summed E-state index contributed by atoms with van der Waals surface area (Å²) in [5, 5.41) is 0.0466. The Balaban J connectivity index is 1.62. The number of Topliss-reactive ketones (excluding diaryl/α,β-unsaturated/α-hetero) is 1. The fourth-order valence-corrected chi connectivity index (χ4v) is 4.55. The standard InChI is InChI=1S/C26H24N2O3S/c1-17-4-10-20(11-5-17)27-26-28(21-12-6-18(2)7-13-21)25(30)24(32-26)16-23(29)19-8-14-22(31-3)15-9-19/h4-15,24H,16H2,1-3H3. The van der Waals surface area contributed by atoms with Gasteiger partial charge >= 0.3 is 0 Å². The van der Waals surface area contributed by atoms with Crippen LogP contribution < -0.4 is 9.64 Å². The number of aryl methyl sites for hydroxylation is 2. The molecular formula is C26H24N2O3S. The first-order valence-corrected chi connectivity index (χ1v) is 11.2. The smallest absolute Gasteiger partial charge is 0.247 e. The normalized spacial score (nSPS) is 17.1. The molecule has 0 N–H and O–H groups in total. The van der Waals surface area contributed by atoms with Gasteiger partial charge in [-0.25, -0.2) is 4.99 Å². The van der Waals surface area contributed by atoms with Crippen molar-refractivity contribution in [1.29, 1.82) is 0 Å². The maximum absolute atomic E-state index is 13.4. The lowest BCUT2D eigenvalue weighted by atomic mass is 10.1. The van der Waals surface area contributed by atoms with Gasteiger partial charge in [-0.05, 0) is 62.4 Å². The third-order valence-corrected chi connectivity index (χ3v) is 6.41. The number of ether oxygens (including phenoxy) is 1. The van der Waals surface area contributed by atoms with E-state index < -0.39 is 5.25 Å². The maximum Gasteiger partial charge on any atom is 0.247 e. The molecule has 1 unspecified atom stereocenters. The second-order valence-electron chi connectivity index (χ2n) is 7.70. The molecule has 0 radical (unpaired) electrons. The number of nitrogens with zero attached hydrogens (tertiary/aromatic N) is 2. The van der Waals surface area contributed by atoms with E-state index in [-0.39, 0.29) is 18.1 Å². The number of rotatable bonds is 6. The highest BCUT2D eigenvalue weighted by Crippen LogP contribution is 2.36. The van der Waals surface area contributed by atoms with E-state index in [1.807, 2.05) is 62.4 Å². The number of anilines is 1. The lowest BCUT2D eigenvalue weighted by Crippen LogP contribution is -2.32. The average molecular weight is 445 g/mol. The predicted molar refractivity (Wildman–Crippen MR) is 130 cm³/mol. The van der Waals surface area contributed by atoms with Crippen molar-refractivity contribution in [3.63, 3.8) is 0 Å². The SMILES string of the molecule is COc1ccc(C(=O)CC2SC(=Nc3ccc(C)cc3)N(c3ccc(C)cc3)C2=O)cc1. The van der Waals surface area contributed by atoms with E-state index in [1.165, 1.54) is 11.8 Å². The number of thioether (sulfide) groups is 1. The summed E-state index contributed by atoms with van der Waals surface area (Å²) < 4.78 is 5.16. The minimum atomic E-state index is -0.532. The molecular weight excluding hydrogens is 420 g/mol. The largest absolute Gasteiger partial charge is 0.497 e. The summed E-state index contributed by atoms with van der Waals surface area (Å²) in [4.78, 5) is 32.6. The van der Waals surface area contributed by atoms with Crippen LogP contribution in [0.25, 0.3) is 0 Å². The van der Waals surface area contributed by atoms with Crippen molar-refractivity contribution in [2.45, 2.75) is 25.5 Å². The van der Waals surface area contributed by atoms with E-state index >= 15 is 0 Å². The first-order valence-electron chi connectivity index (χ1n) is 10.3. The average Bonchev–Trinajstić information content (AvgIpc) is 3.10. The van der Waals surface area contributed by atoms with Crippen molar-refractivity contribution in [2.24, 2.45) is 4.99 Å². The Hall–Kier alpha value is -3.38. The van der Waals surface area contributed by atoms with Gasteiger partial charge in [-0.3, -0.25) is 14.5 Å². The quantitative estimate of drug-likeness (QED) is 0.456. The summed E-state index contributed by atoms with van der Waals surface area (Å²) in [7, 11) is 1.58. The summed E-state index contributed by atoms with van der Waals surface area (Å²) in [6.07, 6.45) is 0.102. The Bertz CT molecular complexity index is 1150. The van der Waals surface area contributed by atoms with Crippen LogP contribution in [0.1, 0.15) is 27.9 Å². The second kappa shape index (κ2) is 9.40. The third kappa shape index (κ3) is 4.75. The van der Waals surface area contributed by atoms with Crippen molar-refractivity contribution in [3.8, 4) is 5.75 Å². The number of carbonyl (C=O) groups is 2. The maximum atomic E-state index is 13.4. The number of aliphatic imine (C=N–C) groups is 1. The van der Waals surface area contributed by atoms with Gasteiger partial charge in [-0.15, -0.1) is 0 Å². The first kappa shape index (κ1) is 21.8. The number of methoxy groups -OCH3 is 1. The molecule has 0 spiro atoms. The minimum absolute atomic E-state index is 0.0843. The molecule has 1 saturated heterocycles. The second-order valence-corrected chi connectivity index (χ2v) is 8.87. The van der Waals surface area contributed by atoms with Crippen molar-refractivity contribution < 1.29 is 14.3 Å². The number of hydrogen-bond acceptors (Lipinski definition) is 5. The number of benzene rings is 3. The van der Waals surface area contributed by atoms with E-state index in [4.69, 9.17) is 9.73 Å². The Morgan fingerprint density at radius 2 is 1.53 bits per heavy atom. The molecule has 0 aliphatic carbocycles. The van der Waals surface area contributed by atoms with Gasteiger partial charge in [0.25, 0.3) is 0 Å². The van der Waals surface area contributed by atoms with Crippen LogP contribution in [0.15, 0.2) is 77.8 Å². The van der Waals surface area contributed by atoms with E-state index in [0.29, 0.717) is 16.5 Å². The molecule has 3 aromatic carbocycles. The molecule has 0 saturated carbocycles. The first-order chi connectivity index (χ1) is 15.4. The molecule has 1 atom stereocenters. The van der Waals surface area contributed by atoms with Crippen LogP contribution in [-0.4, -0.2) is 29.2 Å². The van der Waals surface area contributed by atoms with Crippen molar-refractivity contribution in [3.05, 3.63) is 89.5 Å². The van der Waals surface area contributed by atoms with Crippen LogP contribution in [0.4, 0.5) is 11.4 Å². The van der Waals surface area contributed by atoms with E-state index in [9.17, 15) is 9.59 Å². The van der Waals surface area contributed by atoms with Gasteiger partial charge < -0.3 is 4.74 Å². The highest BCUT2D eigenvalue weighted by Gasteiger charge is 2.40. The number of carbonyl (C=O) groups excluding carboxylic acids is 2. The van der Waals surface area contributed by atoms with Crippen molar-refractivity contribution in [1.82, 2.24) is 0 Å². The zero-order valence-electron chi connectivity index (χ0n) is 18.2. The molecule has 3 aromatic rings. The lowest BCUT2D eigenvalue weighted by Gasteiger charge is -2.17. The Kier molecular flexibility index (Phi) is 6.42. The molecule has 162 valence electrons. The summed E-state index contributed by atoms with van der Waals surface area (Å²) in [5.41, 5.74) is 4.33. The highest BCUT2D eigenvalue weighted by atomic mass is 32.2. The predicted octanol–water partition coefficient (Wildman–Crippen LogP) is 5.72. The Morgan fingerprint density at radius 1 is 0.938 bits per heavy atom. The molecule has 0 aromatic heterocycles. The van der Waals surface area contributed by atoms with Gasteiger partial charge in [0.15, 0.2) is 11.0 Å². The number of amidine groups is 1. The van der Waals surface area contributed by atoms with Crippen LogP contribution >= 0.6 is 11.8 Å². The summed E-state index contributed by atoms with van der Waals surface area (Å²) in [5.74, 6) is 0.469. The topological polar surface area (TPSA) is 59.0 Å². The molecule has 32 heavy (non-hydrogen) atoms. The van der Waals surface area contributed by atoms with Crippen molar-refractivity contribution in [2.75, 3.05) is 12.0 Å². The van der Waals surface area contributed by atoms with Crippen LogP contribution in [0.2, 0.25) is 0 Å². The molecule has 1 amide bonds. The number of hydrogen-bond donors (Lipinski definition) is 0. The molecule has 6 heteroatoms. The van der Waals surface area contributed by atoms with Gasteiger partial charge in [-0.1, -0.05) is 47.2 Å². The zero-order valence-corrected chi connectivity index (χ0v) is 19.1. The molecule has 1 fully saturated rings. The molecule has 1 aliphatic heterocycles. The Labute approximate surface area is 192 Å². The highest BCUT2D eigenvalue weighted by molar-refractivity contribution is 8.16. The van der Waals surface area contributed by atoms with Crippen LogP contribution in [0.3, 0.4) is 0 Å². The van der Waals surface area contributed by atoms with Gasteiger partial charge in [0.2, 0.25) is 5.91 Å². The minimum Gasteiger partial charge on any atom is -0.497 e. The third-order valence-electron chi connectivity index (χ3n) is 5.27. The van der Waals surface area contributed by atoms with E-state index in [1.54, 1.807) is 36.3 Å². The number of amides is 1. The molecule has 0 bridgehead atoms. The van der Waals surface area contributed by atoms with Crippen molar-refractivity contribution >= 4 is 40.0 Å². The summed E-state index contributed by atoms with van der Waals surface area (Å²) >= 11 is 1.34. The summed E-state index contributed by atoms with van der Waals surface area (Å²) in [6.45, 7) is 4.02. The molecule has 4 rings (SSSR count). The van der Waals surface area contributed by atoms with Gasteiger partial charge in [0, 0.05) is 12.0 Å². The number of ketones is 1. The lowest BCUT2D eigenvalue weighted by molar-refractivity contribution is -0.116. The monoisotopic (exact) mass is 444 g/mol. The molecule has 5 nitrogen and oxygen atoms in total. The van der Waals surface area contributed by atoms with E-state index in [2.05, 4.69) is 0 Å². The fraction of sp³-hybridized carbons (Fsp3) is 0.192. The zero-order chi connectivity index (χ0) is 22.7. The fourth-order valence-electron chi connectivity index (χ4n) is 3.40. The Morgan fingerprint density at radius 3 is 2.12 bits per heavy atom. The van der Waals surface area contributed by atoms with Crippen LogP contribution in [0.5, 0.6) is 5.75 Å². The van der Waals surface area contributed by atoms with Crippen LogP contribution in [0, 0.1) is 13.8 Å². The van der Waals surface area contributed by atoms with Gasteiger partial charge in [0.05, 0.1) is 23.7 Å².